The number of esters is 2. The molecule has 39 heavy (non-hydrogen) atoms. The highest BCUT2D eigenvalue weighted by Crippen LogP contribution is 2.45. The molecule has 4 rings (SSSR count). The van der Waals surface area contributed by atoms with Gasteiger partial charge in [0, 0.05) is 22.2 Å². The second kappa shape index (κ2) is 12.4. The van der Waals surface area contributed by atoms with Crippen LogP contribution in [-0.4, -0.2) is 49.2 Å². The molecule has 0 amide bonds. The van der Waals surface area contributed by atoms with Crippen molar-refractivity contribution in [2.75, 3.05) is 26.8 Å². The Hall–Kier alpha value is -2.35. The molecule has 0 N–H and O–H groups in total. The maximum Gasteiger partial charge on any atom is 0.340 e. The van der Waals surface area contributed by atoms with Crippen LogP contribution in [0.1, 0.15) is 86.3 Å². The van der Waals surface area contributed by atoms with Crippen LogP contribution in [0.15, 0.2) is 30.3 Å². The Bertz CT molecular complexity index is 1180. The highest BCUT2D eigenvalue weighted by atomic mass is 35.5. The maximum absolute atomic E-state index is 14.6. The van der Waals surface area contributed by atoms with Gasteiger partial charge in [0.2, 0.25) is 0 Å². The van der Waals surface area contributed by atoms with Crippen molar-refractivity contribution >= 4 is 35.1 Å². The van der Waals surface area contributed by atoms with E-state index >= 15 is 0 Å². The summed E-state index contributed by atoms with van der Waals surface area (Å²) in [6, 6.07) is 8.05. The summed E-state index contributed by atoms with van der Waals surface area (Å²) < 4.78 is 31.1. The number of likely N-dealkylation sites (tertiary alicyclic amines) is 1. The molecule has 0 spiro atoms. The van der Waals surface area contributed by atoms with E-state index < -0.39 is 17.4 Å². The van der Waals surface area contributed by atoms with Crippen LogP contribution >= 0.6 is 23.2 Å². The summed E-state index contributed by atoms with van der Waals surface area (Å²) in [4.78, 5) is 27.0. The topological polar surface area (TPSA) is 65.1 Å². The highest BCUT2D eigenvalue weighted by molar-refractivity contribution is 6.34. The van der Waals surface area contributed by atoms with Crippen molar-refractivity contribution in [2.45, 2.75) is 70.4 Å². The van der Waals surface area contributed by atoms with Crippen molar-refractivity contribution < 1.29 is 28.2 Å². The van der Waals surface area contributed by atoms with E-state index in [1.807, 2.05) is 32.9 Å². The smallest absolute Gasteiger partial charge is 0.340 e. The molecule has 0 bridgehead atoms. The minimum Gasteiger partial charge on any atom is -0.493 e. The van der Waals surface area contributed by atoms with Crippen LogP contribution in [-0.2, 0) is 14.3 Å². The first-order valence-electron chi connectivity index (χ1n) is 13.4. The van der Waals surface area contributed by atoms with E-state index in [-0.39, 0.29) is 35.8 Å². The Labute approximate surface area is 239 Å². The second-order valence-corrected chi connectivity index (χ2v) is 12.3. The Balaban J connectivity index is 1.42. The third-order valence-corrected chi connectivity index (χ3v) is 7.57. The number of ether oxygens (including phenoxy) is 3. The number of piperidine rings is 1. The van der Waals surface area contributed by atoms with E-state index in [4.69, 9.17) is 37.4 Å². The molecule has 212 valence electrons. The fourth-order valence-electron chi connectivity index (χ4n) is 5.08. The Morgan fingerprint density at radius 2 is 1.67 bits per heavy atom. The lowest BCUT2D eigenvalue weighted by Gasteiger charge is -2.38. The standard InChI is InChI=1S/C30H36Cl2FNO5/c1-30(2,3)39-28(35)16-26(20-11-21(31)13-22(32)12-20)34-9-7-18(8-10-34)17-38-27-15-25(33)24(29(36)37-4)14-23(27)19-5-6-19/h11-15,18-19,26H,5-10,16-17H2,1-4H3. The lowest BCUT2D eigenvalue weighted by molar-refractivity contribution is -0.156. The number of rotatable bonds is 9. The van der Waals surface area contributed by atoms with Crippen molar-refractivity contribution in [3.63, 3.8) is 0 Å². The SMILES string of the molecule is COC(=O)c1cc(C2CC2)c(OCC2CCN(C(CC(=O)OC(C)(C)C)c3cc(Cl)cc(Cl)c3)CC2)cc1F. The van der Waals surface area contributed by atoms with E-state index in [0.29, 0.717) is 22.4 Å². The molecule has 0 radical (unpaired) electrons. The average molecular weight is 581 g/mol. The monoisotopic (exact) mass is 579 g/mol. The third kappa shape index (κ3) is 8.09. The lowest BCUT2D eigenvalue weighted by atomic mass is 9.93. The number of nitrogens with zero attached hydrogens (tertiary/aromatic N) is 1. The molecule has 9 heteroatoms. The molecule has 2 aromatic carbocycles. The van der Waals surface area contributed by atoms with E-state index in [1.165, 1.54) is 13.2 Å². The largest absolute Gasteiger partial charge is 0.493 e. The van der Waals surface area contributed by atoms with Crippen LogP contribution < -0.4 is 4.74 Å². The molecule has 1 aliphatic heterocycles. The van der Waals surface area contributed by atoms with Crippen LogP contribution in [0.5, 0.6) is 5.75 Å². The molecule has 2 aromatic rings. The van der Waals surface area contributed by atoms with Crippen molar-refractivity contribution in [3.05, 3.63) is 62.9 Å². The van der Waals surface area contributed by atoms with Gasteiger partial charge in [-0.25, -0.2) is 9.18 Å². The van der Waals surface area contributed by atoms with Gasteiger partial charge in [-0.05, 0) is 107 Å². The van der Waals surface area contributed by atoms with E-state index in [2.05, 4.69) is 4.90 Å². The molecule has 2 fully saturated rings. The summed E-state index contributed by atoms with van der Waals surface area (Å²) in [5.74, 6) is -0.553. The molecule has 1 aliphatic carbocycles. The molecular formula is C30H36Cl2FNO5. The van der Waals surface area contributed by atoms with Gasteiger partial charge in [-0.2, -0.15) is 0 Å². The van der Waals surface area contributed by atoms with Gasteiger partial charge in [-0.15, -0.1) is 0 Å². The Morgan fingerprint density at radius 3 is 2.23 bits per heavy atom. The van der Waals surface area contributed by atoms with E-state index in [1.54, 1.807) is 12.1 Å². The van der Waals surface area contributed by atoms with Crippen molar-refractivity contribution in [3.8, 4) is 5.75 Å². The van der Waals surface area contributed by atoms with Gasteiger partial charge in [0.25, 0.3) is 0 Å². The van der Waals surface area contributed by atoms with E-state index in [0.717, 1.165) is 49.9 Å². The number of carbonyl (C=O) groups excluding carboxylic acids is 2. The summed E-state index contributed by atoms with van der Waals surface area (Å²) in [6.07, 6.45) is 3.87. The highest BCUT2D eigenvalue weighted by Gasteiger charge is 2.32. The van der Waals surface area contributed by atoms with Gasteiger partial charge in [0.1, 0.15) is 17.2 Å². The number of hydrogen-bond acceptors (Lipinski definition) is 6. The van der Waals surface area contributed by atoms with Crippen LogP contribution in [0, 0.1) is 11.7 Å². The molecule has 2 aliphatic rings. The van der Waals surface area contributed by atoms with Crippen LogP contribution in [0.25, 0.3) is 0 Å². The van der Waals surface area contributed by atoms with Crippen molar-refractivity contribution in [1.29, 1.82) is 0 Å². The number of benzene rings is 2. The number of carbonyl (C=O) groups is 2. The maximum atomic E-state index is 14.6. The first kappa shape index (κ1) is 29.6. The van der Waals surface area contributed by atoms with Crippen LogP contribution in [0.4, 0.5) is 4.39 Å². The predicted molar refractivity (Wildman–Crippen MR) is 149 cm³/mol. The summed E-state index contributed by atoms with van der Waals surface area (Å²) in [5.41, 5.74) is 1.11. The zero-order chi connectivity index (χ0) is 28.3. The van der Waals surface area contributed by atoms with Gasteiger partial charge in [0.05, 0.1) is 25.7 Å². The molecular weight excluding hydrogens is 544 g/mol. The fraction of sp³-hybridized carbons (Fsp3) is 0.533. The lowest BCUT2D eigenvalue weighted by Crippen LogP contribution is -2.39. The molecule has 6 nitrogen and oxygen atoms in total. The number of hydrogen-bond donors (Lipinski definition) is 0. The first-order chi connectivity index (χ1) is 18.4. The van der Waals surface area contributed by atoms with Crippen molar-refractivity contribution in [2.24, 2.45) is 5.92 Å². The van der Waals surface area contributed by atoms with Crippen molar-refractivity contribution in [1.82, 2.24) is 4.90 Å². The molecule has 1 saturated carbocycles. The minimum atomic E-state index is -0.685. The fourth-order valence-corrected chi connectivity index (χ4v) is 5.62. The summed E-state index contributed by atoms with van der Waals surface area (Å²) in [6.45, 7) is 7.50. The number of methoxy groups -OCH3 is 1. The van der Waals surface area contributed by atoms with Gasteiger partial charge in [-0.3, -0.25) is 9.69 Å². The minimum absolute atomic E-state index is 0.0581. The Kier molecular flexibility index (Phi) is 9.45. The molecule has 0 aromatic heterocycles. The predicted octanol–water partition coefficient (Wildman–Crippen LogP) is 7.36. The zero-order valence-corrected chi connectivity index (χ0v) is 24.4. The van der Waals surface area contributed by atoms with Gasteiger partial charge < -0.3 is 14.2 Å². The number of halogens is 3. The van der Waals surface area contributed by atoms with Gasteiger partial charge in [-0.1, -0.05) is 23.2 Å². The molecule has 1 saturated heterocycles. The van der Waals surface area contributed by atoms with Gasteiger partial charge in [0.15, 0.2) is 0 Å². The summed E-state index contributed by atoms with van der Waals surface area (Å²) in [7, 11) is 1.24. The van der Waals surface area contributed by atoms with E-state index in [9.17, 15) is 14.0 Å². The normalized spacial score (nSPS) is 17.5. The third-order valence-electron chi connectivity index (χ3n) is 7.14. The first-order valence-corrected chi connectivity index (χ1v) is 14.2. The molecule has 1 unspecified atom stereocenters. The average Bonchev–Trinajstić information content (AvgIpc) is 3.70. The van der Waals surface area contributed by atoms with Crippen LogP contribution in [0.3, 0.4) is 0 Å². The quantitative estimate of drug-likeness (QED) is 0.289. The zero-order valence-electron chi connectivity index (χ0n) is 22.9. The molecule has 1 heterocycles. The Morgan fingerprint density at radius 1 is 1.03 bits per heavy atom. The molecule has 1 atom stereocenters. The van der Waals surface area contributed by atoms with Crippen LogP contribution in [0.2, 0.25) is 10.0 Å². The summed E-state index contributed by atoms with van der Waals surface area (Å²) in [5, 5.41) is 1.04. The van der Waals surface area contributed by atoms with Gasteiger partial charge >= 0.3 is 11.9 Å². The summed E-state index contributed by atoms with van der Waals surface area (Å²) >= 11 is 12.6. The second-order valence-electron chi connectivity index (χ2n) is 11.4.